The van der Waals surface area contributed by atoms with Crippen LogP contribution in [0.25, 0.3) is 0 Å². The molecule has 11 atom stereocenters. The molecule has 1 heterocycles. The molecule has 258 valence electrons. The van der Waals surface area contributed by atoms with E-state index in [1.807, 2.05) is 30.4 Å². The zero-order valence-corrected chi connectivity index (χ0v) is 27.9. The quantitative estimate of drug-likeness (QED) is 0.330. The number of aliphatic hydroxyl groups is 1. The molecule has 3 N–H and O–H groups in total. The van der Waals surface area contributed by atoms with E-state index in [0.29, 0.717) is 12.0 Å². The molecule has 4 fully saturated rings. The van der Waals surface area contributed by atoms with Crippen molar-refractivity contribution in [3.05, 3.63) is 83.5 Å². The van der Waals surface area contributed by atoms with Crippen molar-refractivity contribution in [3.8, 4) is 0 Å². The molecule has 0 spiro atoms. The number of Topliss-reactive ketones (excluding diaryl/α,β-unsaturated/α-hetero) is 1. The van der Waals surface area contributed by atoms with E-state index in [2.05, 4.69) is 29.7 Å². The Morgan fingerprint density at radius 3 is 2.48 bits per heavy atom. The molecule has 48 heavy (non-hydrogen) atoms. The number of carbonyl (C=O) groups is 2. The van der Waals surface area contributed by atoms with Gasteiger partial charge in [0.15, 0.2) is 29.1 Å². The van der Waals surface area contributed by atoms with Gasteiger partial charge in [-0.3, -0.25) is 14.1 Å². The first kappa shape index (κ1) is 33.8. The van der Waals surface area contributed by atoms with Gasteiger partial charge < -0.3 is 24.4 Å². The number of phosphoric ester groups is 1. The molecule has 1 aromatic carbocycles. The average molecular weight is 687 g/mol. The molecular formula is C36H41F2O9P. The molecular weight excluding hydrogens is 645 g/mol. The molecule has 1 aliphatic heterocycles. The van der Waals surface area contributed by atoms with Crippen LogP contribution >= 0.6 is 7.82 Å². The number of ketones is 2. The SMILES string of the molecule is CC1(Cc2ccccc2)C=CC([C@@H]2O[C@@H]3C[C@H]4[C@@H]5C[C@H](F)C6=CC(=O)C=C[C@]6(C)[C@@]5(F)[C@@H](O)C[C@]4(C)[C@]3(C(=O)COP(=O)(O)O)O2)=CC1. The lowest BCUT2D eigenvalue weighted by atomic mass is 9.44. The fourth-order valence-corrected chi connectivity index (χ4v) is 10.3. The lowest BCUT2D eigenvalue weighted by molar-refractivity contribution is -0.231. The molecule has 1 saturated heterocycles. The van der Waals surface area contributed by atoms with Crippen LogP contribution in [0.5, 0.6) is 0 Å². The molecule has 0 aromatic heterocycles. The Morgan fingerprint density at radius 1 is 1.08 bits per heavy atom. The summed E-state index contributed by atoms with van der Waals surface area (Å²) in [6.45, 7) is 4.31. The van der Waals surface area contributed by atoms with Crippen LogP contribution in [0.4, 0.5) is 8.78 Å². The number of aliphatic hydroxyl groups excluding tert-OH is 1. The number of fused-ring (bicyclic) bond motifs is 7. The number of rotatable bonds is 7. The molecule has 1 aromatic rings. The summed E-state index contributed by atoms with van der Waals surface area (Å²) in [6, 6.07) is 10.1. The standard InChI is InChI=1S/C36H41F2O9P/c1-32(18-21-7-5-4-6-8-21)12-9-22(10-13-32)31-46-30-17-24-25-16-27(37)26-15-23(39)11-14-33(26,2)35(25,38)28(40)19-34(24,3)36(30,47-31)29(41)20-45-48(42,43)44/h4-12,14-15,24-25,27-28,30-31,40H,13,16-20H2,1-3H3,(H2,42,43,44)/t24-,25-,27-,28-,30+,31+,32?,33-,34-,35-,36+/m0/s1. The van der Waals surface area contributed by atoms with Crippen LogP contribution in [-0.2, 0) is 34.6 Å². The van der Waals surface area contributed by atoms with Crippen molar-refractivity contribution in [3.63, 3.8) is 0 Å². The number of benzene rings is 1. The number of ether oxygens (including phenoxy) is 2. The van der Waals surface area contributed by atoms with E-state index in [1.165, 1.54) is 24.6 Å². The van der Waals surface area contributed by atoms with Crippen LogP contribution in [0.3, 0.4) is 0 Å². The molecule has 7 rings (SSSR count). The van der Waals surface area contributed by atoms with E-state index >= 15 is 8.78 Å². The third kappa shape index (κ3) is 4.88. The van der Waals surface area contributed by atoms with Gasteiger partial charge in [0, 0.05) is 22.3 Å². The smallest absolute Gasteiger partial charge is 0.390 e. The predicted octanol–water partition coefficient (Wildman–Crippen LogP) is 5.21. The van der Waals surface area contributed by atoms with Gasteiger partial charge in [0.25, 0.3) is 0 Å². The zero-order valence-electron chi connectivity index (χ0n) is 27.1. The van der Waals surface area contributed by atoms with Crippen molar-refractivity contribution in [2.24, 2.45) is 28.1 Å². The fourth-order valence-electron chi connectivity index (χ4n) is 10.00. The highest BCUT2D eigenvalue weighted by Gasteiger charge is 2.80. The summed E-state index contributed by atoms with van der Waals surface area (Å²) in [5.74, 6) is -3.09. The van der Waals surface area contributed by atoms with E-state index in [0.717, 1.165) is 12.5 Å². The van der Waals surface area contributed by atoms with Gasteiger partial charge in [0.05, 0.1) is 12.2 Å². The highest BCUT2D eigenvalue weighted by atomic mass is 31.2. The maximum Gasteiger partial charge on any atom is 0.470 e. The summed E-state index contributed by atoms with van der Waals surface area (Å²) in [5, 5.41) is 11.8. The highest BCUT2D eigenvalue weighted by Crippen LogP contribution is 2.72. The Bertz CT molecular complexity index is 1700. The number of hydrogen-bond acceptors (Lipinski definition) is 7. The fraction of sp³-hybridized carbons (Fsp3) is 0.556. The number of allylic oxidation sites excluding steroid dienone is 6. The van der Waals surface area contributed by atoms with Gasteiger partial charge in [-0.15, -0.1) is 0 Å². The van der Waals surface area contributed by atoms with Crippen LogP contribution in [0.1, 0.15) is 52.0 Å². The van der Waals surface area contributed by atoms with Crippen molar-refractivity contribution in [2.45, 2.75) is 88.8 Å². The second-order valence-corrected chi connectivity index (χ2v) is 16.4. The van der Waals surface area contributed by atoms with Crippen molar-refractivity contribution < 1.29 is 51.8 Å². The van der Waals surface area contributed by atoms with E-state index in [4.69, 9.17) is 9.47 Å². The van der Waals surface area contributed by atoms with Gasteiger partial charge >= 0.3 is 7.82 Å². The Labute approximate surface area is 278 Å². The van der Waals surface area contributed by atoms with Gasteiger partial charge in [0.1, 0.15) is 12.8 Å². The highest BCUT2D eigenvalue weighted by molar-refractivity contribution is 7.46. The minimum absolute atomic E-state index is 0.0155. The lowest BCUT2D eigenvalue weighted by Crippen LogP contribution is -2.71. The topological polar surface area (TPSA) is 140 Å². The van der Waals surface area contributed by atoms with Crippen molar-refractivity contribution in [2.75, 3.05) is 6.61 Å². The minimum atomic E-state index is -5.07. The van der Waals surface area contributed by atoms with Crippen LogP contribution in [0.15, 0.2) is 77.9 Å². The normalized spacial score (nSPS) is 44.7. The Balaban J connectivity index is 1.23. The van der Waals surface area contributed by atoms with Gasteiger partial charge in [-0.25, -0.2) is 13.3 Å². The summed E-state index contributed by atoms with van der Waals surface area (Å²) >= 11 is 0. The summed E-state index contributed by atoms with van der Waals surface area (Å²) in [5.41, 5.74) is -5.59. The average Bonchev–Trinajstić information content (AvgIpc) is 3.52. The van der Waals surface area contributed by atoms with Crippen LogP contribution in [-0.4, -0.2) is 69.0 Å². The summed E-state index contributed by atoms with van der Waals surface area (Å²) < 4.78 is 63.1. The Morgan fingerprint density at radius 2 is 1.81 bits per heavy atom. The minimum Gasteiger partial charge on any atom is -0.390 e. The molecule has 0 bridgehead atoms. The summed E-state index contributed by atoms with van der Waals surface area (Å²) in [6.07, 6.45) is 5.11. The largest absolute Gasteiger partial charge is 0.470 e. The number of halogens is 2. The van der Waals surface area contributed by atoms with E-state index in [9.17, 15) is 29.0 Å². The van der Waals surface area contributed by atoms with Gasteiger partial charge in [-0.05, 0) is 73.6 Å². The molecule has 1 unspecified atom stereocenters. The van der Waals surface area contributed by atoms with Crippen LogP contribution in [0.2, 0.25) is 0 Å². The van der Waals surface area contributed by atoms with Crippen LogP contribution in [0, 0.1) is 28.1 Å². The molecule has 12 heteroatoms. The van der Waals surface area contributed by atoms with Crippen molar-refractivity contribution in [1.29, 1.82) is 0 Å². The van der Waals surface area contributed by atoms with Gasteiger partial charge in [-0.2, -0.15) is 0 Å². The predicted molar refractivity (Wildman–Crippen MR) is 170 cm³/mol. The first-order valence-corrected chi connectivity index (χ1v) is 17.9. The monoisotopic (exact) mass is 686 g/mol. The van der Waals surface area contributed by atoms with Crippen molar-refractivity contribution in [1.82, 2.24) is 0 Å². The Hall–Kier alpha value is -2.63. The number of alkyl halides is 2. The second-order valence-electron chi connectivity index (χ2n) is 15.2. The van der Waals surface area contributed by atoms with Crippen LogP contribution < -0.4 is 0 Å². The first-order chi connectivity index (χ1) is 22.5. The molecule has 3 saturated carbocycles. The first-order valence-electron chi connectivity index (χ1n) is 16.4. The lowest BCUT2D eigenvalue weighted by Gasteiger charge is -2.63. The number of hydrogen-bond donors (Lipinski definition) is 3. The third-order valence-electron chi connectivity index (χ3n) is 12.4. The molecule has 5 aliphatic carbocycles. The van der Waals surface area contributed by atoms with E-state index in [1.54, 1.807) is 6.92 Å². The molecule has 9 nitrogen and oxygen atoms in total. The molecule has 6 aliphatic rings. The van der Waals surface area contributed by atoms with Gasteiger partial charge in [0.2, 0.25) is 0 Å². The van der Waals surface area contributed by atoms with Gasteiger partial charge in [-0.1, -0.05) is 68.5 Å². The summed E-state index contributed by atoms with van der Waals surface area (Å²) in [4.78, 5) is 45.3. The number of phosphoric acid groups is 1. The number of carbonyl (C=O) groups excluding carboxylic acids is 2. The molecule has 0 amide bonds. The summed E-state index contributed by atoms with van der Waals surface area (Å²) in [7, 11) is -5.07. The van der Waals surface area contributed by atoms with Crippen molar-refractivity contribution >= 4 is 19.4 Å². The molecule has 0 radical (unpaired) electrons. The zero-order chi connectivity index (χ0) is 34.5. The van der Waals surface area contributed by atoms with E-state index < -0.39 is 84.6 Å². The maximum atomic E-state index is 17.7. The maximum absolute atomic E-state index is 17.7. The second kappa shape index (κ2) is 11.2. The third-order valence-corrected chi connectivity index (χ3v) is 12.8. The van der Waals surface area contributed by atoms with E-state index in [-0.39, 0.29) is 30.3 Å². The Kier molecular flexibility index (Phi) is 7.89.